The van der Waals surface area contributed by atoms with E-state index in [1.54, 1.807) is 24.4 Å². The molecule has 0 saturated carbocycles. The molecule has 0 bridgehead atoms. The number of ether oxygens (including phenoxy) is 1. The summed E-state index contributed by atoms with van der Waals surface area (Å²) in [5.41, 5.74) is 2.78. The summed E-state index contributed by atoms with van der Waals surface area (Å²) in [4.78, 5) is 35.7. The maximum Gasteiger partial charge on any atom is 0.323 e. The lowest BCUT2D eigenvalue weighted by molar-refractivity contribution is -0.138. The first-order valence-electron chi connectivity index (χ1n) is 9.24. The van der Waals surface area contributed by atoms with Crippen LogP contribution < -0.4 is 4.74 Å². The number of aryl methyl sites for hydroxylation is 1. The third-order valence-corrected chi connectivity index (χ3v) is 4.84. The number of methoxy groups -OCH3 is 1. The van der Waals surface area contributed by atoms with Crippen molar-refractivity contribution < 1.29 is 19.4 Å². The lowest BCUT2D eigenvalue weighted by Crippen LogP contribution is -2.51. The van der Waals surface area contributed by atoms with Gasteiger partial charge in [0.05, 0.1) is 24.8 Å². The number of aliphatic imine (C=N–C) groups is 1. The normalized spacial score (nSPS) is 17.5. The highest BCUT2D eigenvalue weighted by Gasteiger charge is 2.36. The van der Waals surface area contributed by atoms with Gasteiger partial charge in [-0.3, -0.25) is 14.5 Å². The molecule has 1 fully saturated rings. The van der Waals surface area contributed by atoms with Crippen LogP contribution in [0.5, 0.6) is 5.75 Å². The number of hydrogen-bond acceptors (Lipinski definition) is 6. The Hall–Kier alpha value is -3.62. The fourth-order valence-corrected chi connectivity index (χ4v) is 3.52. The number of hydrogen-bond donors (Lipinski definition) is 1. The molecule has 1 amide bonds. The highest BCUT2D eigenvalue weighted by Crippen LogP contribution is 2.28. The summed E-state index contributed by atoms with van der Waals surface area (Å²) in [6.45, 7) is 2.83. The average Bonchev–Trinajstić information content (AvgIpc) is 3.26. The molecule has 0 aliphatic carbocycles. The van der Waals surface area contributed by atoms with E-state index < -0.39 is 5.97 Å². The zero-order valence-corrected chi connectivity index (χ0v) is 16.2. The van der Waals surface area contributed by atoms with Crippen molar-refractivity contribution in [2.75, 3.05) is 26.7 Å². The topological polar surface area (TPSA) is 100 Å². The van der Waals surface area contributed by atoms with E-state index in [1.165, 1.54) is 4.90 Å². The molecule has 0 radical (unpaired) electrons. The number of carboxylic acid groups (broad SMARTS) is 1. The number of rotatable bonds is 5. The summed E-state index contributed by atoms with van der Waals surface area (Å²) in [6.07, 6.45) is 6.01. The van der Waals surface area contributed by atoms with E-state index >= 15 is 0 Å². The van der Waals surface area contributed by atoms with Crippen molar-refractivity contribution in [2.24, 2.45) is 4.99 Å². The molecule has 9 heteroatoms. The number of fused-ring (bicyclic) bond motifs is 1. The Morgan fingerprint density at radius 2 is 2.17 bits per heavy atom. The quantitative estimate of drug-likeness (QED) is 0.771. The molecular weight excluding hydrogens is 374 g/mol. The van der Waals surface area contributed by atoms with Gasteiger partial charge in [0.15, 0.2) is 0 Å². The summed E-state index contributed by atoms with van der Waals surface area (Å²) in [5, 5.41) is 9.10. The van der Waals surface area contributed by atoms with Crippen LogP contribution in [0.15, 0.2) is 41.4 Å². The zero-order chi connectivity index (χ0) is 20.5. The number of carbonyl (C=O) groups excluding carboxylic acids is 1. The number of carboxylic acids is 1. The summed E-state index contributed by atoms with van der Waals surface area (Å²) >= 11 is 0. The van der Waals surface area contributed by atoms with Gasteiger partial charge in [-0.05, 0) is 37.1 Å². The lowest BCUT2D eigenvalue weighted by atomic mass is 10.1. The number of amides is 1. The fourth-order valence-electron chi connectivity index (χ4n) is 3.52. The van der Waals surface area contributed by atoms with Crippen molar-refractivity contribution in [1.82, 2.24) is 19.4 Å². The number of nitrogens with zero attached hydrogens (tertiary/aromatic N) is 5. The molecule has 0 unspecified atom stereocenters. The second-order valence-corrected chi connectivity index (χ2v) is 6.92. The minimum absolute atomic E-state index is 0.178. The highest BCUT2D eigenvalue weighted by atomic mass is 16.5. The number of guanidine groups is 1. The fraction of sp³-hybridized carbons (Fsp3) is 0.300. The average molecular weight is 395 g/mol. The van der Waals surface area contributed by atoms with Crippen molar-refractivity contribution in [2.45, 2.75) is 13.3 Å². The van der Waals surface area contributed by atoms with Gasteiger partial charge >= 0.3 is 5.97 Å². The van der Waals surface area contributed by atoms with Crippen LogP contribution in [-0.4, -0.2) is 69.0 Å². The SMILES string of the molecule is COc1cc(/C=C2\N=C3N(CC(=O)O)CCCN3C2=O)ccc1-n1cnc(C)c1. The number of carbonyl (C=O) groups is 2. The first-order chi connectivity index (χ1) is 14.0. The number of aliphatic carboxylic acids is 1. The molecule has 4 rings (SSSR count). The molecule has 2 aliphatic rings. The van der Waals surface area contributed by atoms with Gasteiger partial charge in [-0.2, -0.15) is 0 Å². The van der Waals surface area contributed by atoms with E-state index in [0.717, 1.165) is 16.9 Å². The van der Waals surface area contributed by atoms with Crippen molar-refractivity contribution in [3.63, 3.8) is 0 Å². The van der Waals surface area contributed by atoms with Crippen LogP contribution in [0, 0.1) is 6.92 Å². The molecular formula is C20H21N5O4. The van der Waals surface area contributed by atoms with Gasteiger partial charge in [0, 0.05) is 19.3 Å². The van der Waals surface area contributed by atoms with Gasteiger partial charge in [0.25, 0.3) is 5.91 Å². The van der Waals surface area contributed by atoms with Crippen LogP contribution in [0.25, 0.3) is 11.8 Å². The van der Waals surface area contributed by atoms with Gasteiger partial charge in [0.2, 0.25) is 5.96 Å². The van der Waals surface area contributed by atoms with Gasteiger partial charge < -0.3 is 19.3 Å². The maximum absolute atomic E-state index is 12.7. The molecule has 3 heterocycles. The monoisotopic (exact) mass is 395 g/mol. The van der Waals surface area contributed by atoms with Crippen LogP contribution in [0.1, 0.15) is 17.7 Å². The molecule has 1 aromatic carbocycles. The molecule has 1 N–H and O–H groups in total. The van der Waals surface area contributed by atoms with Crippen LogP contribution in [0.2, 0.25) is 0 Å². The molecule has 2 aromatic rings. The molecule has 0 atom stereocenters. The Balaban J connectivity index is 1.66. The van der Waals surface area contributed by atoms with Crippen molar-refractivity contribution in [3.05, 3.63) is 47.7 Å². The molecule has 1 aromatic heterocycles. The Kier molecular flexibility index (Phi) is 4.79. The van der Waals surface area contributed by atoms with Gasteiger partial charge in [-0.15, -0.1) is 0 Å². The Morgan fingerprint density at radius 1 is 1.34 bits per heavy atom. The standard InChI is InChI=1S/C20H21N5O4/c1-13-10-24(12-21-13)16-5-4-14(9-17(16)29-2)8-15-19(28)25-7-3-6-23(11-18(26)27)20(25)22-15/h4-5,8-10,12H,3,6-7,11H2,1-2H3,(H,26,27)/b15-8-. The number of imidazole rings is 1. The van der Waals surface area contributed by atoms with E-state index in [9.17, 15) is 9.59 Å². The molecule has 0 spiro atoms. The zero-order valence-electron chi connectivity index (χ0n) is 16.2. The Labute approximate surface area is 167 Å². The van der Waals surface area contributed by atoms with Gasteiger partial charge in [-0.25, -0.2) is 9.98 Å². The summed E-state index contributed by atoms with van der Waals surface area (Å²) in [5.74, 6) is -0.120. The van der Waals surface area contributed by atoms with Crippen molar-refractivity contribution >= 4 is 23.9 Å². The third-order valence-electron chi connectivity index (χ3n) is 4.84. The second kappa shape index (κ2) is 7.42. The van der Waals surface area contributed by atoms with Crippen LogP contribution in [0.3, 0.4) is 0 Å². The van der Waals surface area contributed by atoms with Gasteiger partial charge in [0.1, 0.15) is 18.0 Å². The van der Waals surface area contributed by atoms with Crippen molar-refractivity contribution in [3.8, 4) is 11.4 Å². The third kappa shape index (κ3) is 3.58. The molecule has 2 aliphatic heterocycles. The second-order valence-electron chi connectivity index (χ2n) is 6.92. The predicted molar refractivity (Wildman–Crippen MR) is 106 cm³/mol. The van der Waals surface area contributed by atoms with E-state index in [0.29, 0.717) is 31.2 Å². The predicted octanol–water partition coefficient (Wildman–Crippen LogP) is 1.52. The van der Waals surface area contributed by atoms with Crippen molar-refractivity contribution in [1.29, 1.82) is 0 Å². The first-order valence-corrected chi connectivity index (χ1v) is 9.24. The van der Waals surface area contributed by atoms with Gasteiger partial charge in [-0.1, -0.05) is 6.07 Å². The van der Waals surface area contributed by atoms with E-state index in [2.05, 4.69) is 9.98 Å². The molecule has 150 valence electrons. The minimum atomic E-state index is -0.950. The number of aromatic nitrogens is 2. The summed E-state index contributed by atoms with van der Waals surface area (Å²) in [6, 6.07) is 5.60. The summed E-state index contributed by atoms with van der Waals surface area (Å²) < 4.78 is 7.38. The van der Waals surface area contributed by atoms with E-state index in [4.69, 9.17) is 9.84 Å². The largest absolute Gasteiger partial charge is 0.495 e. The number of benzene rings is 1. The summed E-state index contributed by atoms with van der Waals surface area (Å²) in [7, 11) is 1.59. The lowest BCUT2D eigenvalue weighted by Gasteiger charge is -2.33. The molecule has 29 heavy (non-hydrogen) atoms. The Morgan fingerprint density at radius 3 is 2.86 bits per heavy atom. The minimum Gasteiger partial charge on any atom is -0.495 e. The first kappa shape index (κ1) is 18.7. The Bertz CT molecular complexity index is 1040. The van der Waals surface area contributed by atoms with Crippen LogP contribution in [0.4, 0.5) is 0 Å². The van der Waals surface area contributed by atoms with Crippen LogP contribution in [-0.2, 0) is 9.59 Å². The molecule has 1 saturated heterocycles. The van der Waals surface area contributed by atoms with E-state index in [-0.39, 0.29) is 18.1 Å². The van der Waals surface area contributed by atoms with Crippen LogP contribution >= 0.6 is 0 Å². The maximum atomic E-state index is 12.7. The highest BCUT2D eigenvalue weighted by molar-refractivity contribution is 6.14. The molecule has 9 nitrogen and oxygen atoms in total. The smallest absolute Gasteiger partial charge is 0.323 e. The van der Waals surface area contributed by atoms with E-state index in [1.807, 2.05) is 35.9 Å².